The summed E-state index contributed by atoms with van der Waals surface area (Å²) >= 11 is 12.2. The first kappa shape index (κ1) is 33.4. The van der Waals surface area contributed by atoms with Crippen molar-refractivity contribution in [3.8, 4) is 17.2 Å². The van der Waals surface area contributed by atoms with E-state index in [9.17, 15) is 9.59 Å². The van der Waals surface area contributed by atoms with Crippen LogP contribution in [0.3, 0.4) is 0 Å². The number of benzene rings is 4. The standard InChI is InChI=1S/C35H35Cl2N3O5/c1-4-43-33-19-26(13-15-32(33)44-22-27-12-8-9-23(2)17-27)21-38-40-35(42)30(18-25-10-6-5-7-11-25)39-34(41)24(3)45-31-16-14-28(36)20-29(31)37/h5-17,19-21,24,30H,4,18,22H2,1-3H3,(H,39,41)(H,40,42)/b38-21-/t24-,30+/m0/s1. The number of aryl methyl sites for hydroxylation is 1. The van der Waals surface area contributed by atoms with Crippen LogP contribution in [0.5, 0.6) is 17.2 Å². The third-order valence-corrected chi connectivity index (χ3v) is 7.15. The van der Waals surface area contributed by atoms with Crippen LogP contribution in [0.4, 0.5) is 0 Å². The average molecular weight is 649 g/mol. The Morgan fingerprint density at radius 3 is 2.33 bits per heavy atom. The molecule has 4 rings (SSSR count). The van der Waals surface area contributed by atoms with Gasteiger partial charge < -0.3 is 19.5 Å². The Hall–Kier alpha value is -4.53. The summed E-state index contributed by atoms with van der Waals surface area (Å²) in [5.41, 5.74) is 6.30. The van der Waals surface area contributed by atoms with Crippen LogP contribution in [0, 0.1) is 6.92 Å². The summed E-state index contributed by atoms with van der Waals surface area (Å²) in [6, 6.07) is 26.7. The first-order valence-corrected chi connectivity index (χ1v) is 15.2. The van der Waals surface area contributed by atoms with Gasteiger partial charge in [-0.3, -0.25) is 9.59 Å². The lowest BCUT2D eigenvalue weighted by Crippen LogP contribution is -2.50. The van der Waals surface area contributed by atoms with E-state index in [1.165, 1.54) is 12.3 Å². The molecule has 4 aromatic rings. The Morgan fingerprint density at radius 1 is 0.844 bits per heavy atom. The van der Waals surface area contributed by atoms with Crippen LogP contribution in [-0.2, 0) is 22.6 Å². The zero-order valence-electron chi connectivity index (χ0n) is 25.3. The van der Waals surface area contributed by atoms with Gasteiger partial charge in [-0.2, -0.15) is 5.10 Å². The largest absolute Gasteiger partial charge is 0.490 e. The number of carbonyl (C=O) groups is 2. The van der Waals surface area contributed by atoms with Gasteiger partial charge in [-0.15, -0.1) is 0 Å². The molecular weight excluding hydrogens is 613 g/mol. The summed E-state index contributed by atoms with van der Waals surface area (Å²) in [5.74, 6) is 0.466. The average Bonchev–Trinajstić information content (AvgIpc) is 3.02. The number of hydrogen-bond donors (Lipinski definition) is 2. The number of nitrogens with one attached hydrogen (secondary N) is 2. The molecule has 0 fully saturated rings. The first-order valence-electron chi connectivity index (χ1n) is 14.5. The molecule has 4 aromatic carbocycles. The van der Waals surface area contributed by atoms with Crippen LogP contribution in [-0.4, -0.2) is 36.8 Å². The van der Waals surface area contributed by atoms with Crippen LogP contribution in [0.2, 0.25) is 10.0 Å². The fourth-order valence-electron chi connectivity index (χ4n) is 4.37. The number of halogens is 2. The Bertz CT molecular complexity index is 1630. The first-order chi connectivity index (χ1) is 21.7. The van der Waals surface area contributed by atoms with Gasteiger partial charge in [0.05, 0.1) is 17.8 Å². The highest BCUT2D eigenvalue weighted by Crippen LogP contribution is 2.30. The molecule has 10 heteroatoms. The van der Waals surface area contributed by atoms with E-state index in [0.717, 1.165) is 16.7 Å². The van der Waals surface area contributed by atoms with E-state index in [-0.39, 0.29) is 11.4 Å². The van der Waals surface area contributed by atoms with E-state index in [4.69, 9.17) is 37.4 Å². The van der Waals surface area contributed by atoms with Gasteiger partial charge in [0.1, 0.15) is 18.4 Å². The summed E-state index contributed by atoms with van der Waals surface area (Å²) in [7, 11) is 0. The molecule has 0 aliphatic carbocycles. The smallest absolute Gasteiger partial charge is 0.262 e. The lowest BCUT2D eigenvalue weighted by atomic mass is 10.1. The van der Waals surface area contributed by atoms with Crippen molar-refractivity contribution >= 4 is 41.2 Å². The second-order valence-corrected chi connectivity index (χ2v) is 11.1. The fraction of sp³-hybridized carbons (Fsp3) is 0.229. The van der Waals surface area contributed by atoms with Gasteiger partial charge in [0.2, 0.25) is 0 Å². The second-order valence-electron chi connectivity index (χ2n) is 10.2. The molecule has 45 heavy (non-hydrogen) atoms. The molecule has 0 spiro atoms. The maximum Gasteiger partial charge on any atom is 0.262 e. The summed E-state index contributed by atoms with van der Waals surface area (Å²) in [6.45, 7) is 6.35. The summed E-state index contributed by atoms with van der Waals surface area (Å²) in [4.78, 5) is 26.3. The van der Waals surface area contributed by atoms with Crippen molar-refractivity contribution in [2.75, 3.05) is 6.61 Å². The van der Waals surface area contributed by atoms with Crippen molar-refractivity contribution in [1.82, 2.24) is 10.7 Å². The van der Waals surface area contributed by atoms with Crippen LogP contribution < -0.4 is 25.0 Å². The maximum absolute atomic E-state index is 13.3. The molecule has 0 bridgehead atoms. The summed E-state index contributed by atoms with van der Waals surface area (Å²) in [5, 5.41) is 7.64. The SMILES string of the molecule is CCOc1cc(/C=N\NC(=O)[C@@H](Cc2ccccc2)NC(=O)[C@H](C)Oc2ccc(Cl)cc2Cl)ccc1OCc1cccc(C)c1. The van der Waals surface area contributed by atoms with Crippen LogP contribution in [0.15, 0.2) is 96.1 Å². The van der Waals surface area contributed by atoms with Crippen LogP contribution in [0.1, 0.15) is 36.1 Å². The number of carbonyl (C=O) groups excluding carboxylic acids is 2. The molecule has 0 saturated heterocycles. The van der Waals surface area contributed by atoms with Gasteiger partial charge in [0.15, 0.2) is 17.6 Å². The van der Waals surface area contributed by atoms with E-state index in [2.05, 4.69) is 21.9 Å². The number of hydrazone groups is 1. The normalized spacial score (nSPS) is 12.3. The van der Waals surface area contributed by atoms with Crippen molar-refractivity contribution in [3.05, 3.63) is 123 Å². The molecule has 0 heterocycles. The van der Waals surface area contributed by atoms with Crippen LogP contribution in [0.25, 0.3) is 0 Å². The molecule has 2 amide bonds. The number of ether oxygens (including phenoxy) is 3. The fourth-order valence-corrected chi connectivity index (χ4v) is 4.82. The summed E-state index contributed by atoms with van der Waals surface area (Å²) in [6.07, 6.45) is 0.798. The minimum Gasteiger partial charge on any atom is -0.490 e. The predicted octanol–water partition coefficient (Wildman–Crippen LogP) is 6.92. The molecule has 0 saturated carbocycles. The Kier molecular flexibility index (Phi) is 12.2. The molecular formula is C35H35Cl2N3O5. The number of nitrogens with zero attached hydrogens (tertiary/aromatic N) is 1. The highest BCUT2D eigenvalue weighted by atomic mass is 35.5. The van der Waals surface area contributed by atoms with Gasteiger partial charge in [-0.05, 0) is 73.9 Å². The molecule has 0 unspecified atom stereocenters. The lowest BCUT2D eigenvalue weighted by molar-refractivity contribution is -0.132. The minimum absolute atomic E-state index is 0.240. The molecule has 0 radical (unpaired) electrons. The zero-order valence-corrected chi connectivity index (χ0v) is 26.8. The molecule has 2 N–H and O–H groups in total. The van der Waals surface area contributed by atoms with E-state index < -0.39 is 24.0 Å². The number of rotatable bonds is 14. The lowest BCUT2D eigenvalue weighted by Gasteiger charge is -2.21. The Morgan fingerprint density at radius 2 is 1.60 bits per heavy atom. The Labute approximate surface area is 273 Å². The van der Waals surface area contributed by atoms with Crippen molar-refractivity contribution in [1.29, 1.82) is 0 Å². The van der Waals surface area contributed by atoms with Gasteiger partial charge in [0.25, 0.3) is 11.8 Å². The zero-order chi connectivity index (χ0) is 32.2. The topological polar surface area (TPSA) is 98.2 Å². The van der Waals surface area contributed by atoms with E-state index >= 15 is 0 Å². The molecule has 0 aliphatic heterocycles. The molecule has 8 nitrogen and oxygen atoms in total. The molecule has 0 aromatic heterocycles. The minimum atomic E-state index is -0.943. The van der Waals surface area contributed by atoms with Crippen molar-refractivity contribution in [3.63, 3.8) is 0 Å². The molecule has 0 aliphatic rings. The molecule has 2 atom stereocenters. The second kappa shape index (κ2) is 16.5. The number of hydrogen-bond acceptors (Lipinski definition) is 6. The van der Waals surface area contributed by atoms with E-state index in [0.29, 0.717) is 41.0 Å². The highest BCUT2D eigenvalue weighted by Gasteiger charge is 2.25. The summed E-state index contributed by atoms with van der Waals surface area (Å²) < 4.78 is 17.5. The third-order valence-electron chi connectivity index (χ3n) is 6.62. The highest BCUT2D eigenvalue weighted by molar-refractivity contribution is 6.35. The van der Waals surface area contributed by atoms with Crippen molar-refractivity contribution < 1.29 is 23.8 Å². The van der Waals surface area contributed by atoms with E-state index in [1.807, 2.05) is 68.4 Å². The molecule has 234 valence electrons. The van der Waals surface area contributed by atoms with Gasteiger partial charge >= 0.3 is 0 Å². The monoisotopic (exact) mass is 647 g/mol. The predicted molar refractivity (Wildman–Crippen MR) is 177 cm³/mol. The van der Waals surface area contributed by atoms with Gasteiger partial charge in [0, 0.05) is 11.4 Å². The van der Waals surface area contributed by atoms with Crippen molar-refractivity contribution in [2.45, 2.75) is 45.9 Å². The van der Waals surface area contributed by atoms with Gasteiger partial charge in [-0.25, -0.2) is 5.43 Å². The Balaban J connectivity index is 1.42. The third kappa shape index (κ3) is 10.3. The maximum atomic E-state index is 13.3. The number of amides is 2. The van der Waals surface area contributed by atoms with Gasteiger partial charge in [-0.1, -0.05) is 83.4 Å². The quantitative estimate of drug-likeness (QED) is 0.114. The van der Waals surface area contributed by atoms with E-state index in [1.54, 1.807) is 31.2 Å². The van der Waals surface area contributed by atoms with Crippen molar-refractivity contribution in [2.24, 2.45) is 5.10 Å². The van der Waals surface area contributed by atoms with Crippen LogP contribution >= 0.6 is 23.2 Å².